The fraction of sp³-hybridized carbons (Fsp3) is 0.326. The van der Waals surface area contributed by atoms with Gasteiger partial charge in [-0.2, -0.15) is 0 Å². The highest BCUT2D eigenvalue weighted by molar-refractivity contribution is 6.37. The number of ketones is 5. The normalized spacial score (nSPS) is 34.1. The number of allylic oxidation sites excluding steroid dienone is 6. The fourth-order valence-corrected chi connectivity index (χ4v) is 6.92. The van der Waals surface area contributed by atoms with Crippen molar-refractivity contribution in [2.45, 2.75) is 73.0 Å². The van der Waals surface area contributed by atoms with Gasteiger partial charge in [0.25, 0.3) is 5.79 Å². The number of phenols is 2. The van der Waals surface area contributed by atoms with Gasteiger partial charge in [-0.15, -0.1) is 0 Å². The highest BCUT2D eigenvalue weighted by Gasteiger charge is 2.59. The van der Waals surface area contributed by atoms with Gasteiger partial charge in [0.1, 0.15) is 71.7 Å². The Morgan fingerprint density at radius 3 is 1.55 bits per heavy atom. The molecule has 0 amide bonds. The lowest BCUT2D eigenvalue weighted by atomic mass is 9.81. The zero-order valence-electron chi connectivity index (χ0n) is 33.3. The zero-order chi connectivity index (χ0) is 47.7. The summed E-state index contributed by atoms with van der Waals surface area (Å²) in [6.45, 7) is -2.01. The molecule has 2 aromatic carbocycles. The van der Waals surface area contributed by atoms with E-state index in [-0.39, 0.29) is 17.1 Å². The van der Waals surface area contributed by atoms with E-state index in [2.05, 4.69) is 0 Å². The molecule has 22 nitrogen and oxygen atoms in total. The van der Waals surface area contributed by atoms with Crippen molar-refractivity contribution in [1.82, 2.24) is 0 Å². The van der Waals surface area contributed by atoms with E-state index in [9.17, 15) is 90.4 Å². The minimum atomic E-state index is -4.02. The number of carbonyl (C=O) groups excluding carboxylic acids is 5. The maximum absolute atomic E-state index is 14.3. The number of carbonyl (C=O) groups is 5. The summed E-state index contributed by atoms with van der Waals surface area (Å²) >= 11 is 0. The first-order valence-corrected chi connectivity index (χ1v) is 19.3. The van der Waals surface area contributed by atoms with Gasteiger partial charge in [-0.3, -0.25) is 24.0 Å². The molecular formula is C43H42O22. The van der Waals surface area contributed by atoms with E-state index in [1.54, 1.807) is 0 Å². The molecule has 0 spiro atoms. The van der Waals surface area contributed by atoms with Crippen LogP contribution < -0.4 is 0 Å². The number of Topliss-reactive ketones (excluding diaryl/α,β-unsaturated/α-hetero) is 3. The van der Waals surface area contributed by atoms with Gasteiger partial charge in [0.15, 0.2) is 29.9 Å². The fourth-order valence-electron chi connectivity index (χ4n) is 6.92. The topological polar surface area (TPSA) is 385 Å². The van der Waals surface area contributed by atoms with Crippen molar-refractivity contribution in [2.24, 2.45) is 0 Å². The zero-order valence-corrected chi connectivity index (χ0v) is 33.3. The first-order chi connectivity index (χ1) is 30.6. The Bertz CT molecular complexity index is 2390. The first kappa shape index (κ1) is 48.5. The molecule has 2 aromatic rings. The lowest BCUT2D eigenvalue weighted by molar-refractivity contribution is -0.342. The highest BCUT2D eigenvalue weighted by atomic mass is 16.8. The number of aliphatic hydroxyl groups is 11. The SMILES string of the molecule is O=C(/C=C/c1ccc(O)cc1)C1=CC(O)(OC2O[C@H](CO)[C@@H](O)[C@H](O)[C@H]2O)C=C(/C=C2\C(=O)C(O)(OC3O[C@H](CO)[C@@H](O)[C@H](O)[C@H]3O)C(=O)C(C(=O)/C=C/c3ccc(O)cc3)=C2O)C1=O. The quantitative estimate of drug-likeness (QED) is 0.0398. The molecule has 0 saturated carbocycles. The molecule has 4 aliphatic rings. The first-order valence-electron chi connectivity index (χ1n) is 19.3. The molecule has 2 aliphatic heterocycles. The summed E-state index contributed by atoms with van der Waals surface area (Å²) in [4.78, 5) is 69.9. The third-order valence-electron chi connectivity index (χ3n) is 10.5. The largest absolute Gasteiger partial charge is 0.508 e. The molecule has 0 bridgehead atoms. The van der Waals surface area contributed by atoms with Crippen molar-refractivity contribution in [3.8, 4) is 11.5 Å². The number of hydrogen-bond acceptors (Lipinski definition) is 22. The Kier molecular flexibility index (Phi) is 14.4. The molecule has 2 saturated heterocycles. The van der Waals surface area contributed by atoms with Gasteiger partial charge in [0.2, 0.25) is 17.4 Å². The molecule has 2 fully saturated rings. The Balaban J connectivity index is 1.49. The maximum Gasteiger partial charge on any atom is 0.300 e. The Morgan fingerprint density at radius 1 is 0.615 bits per heavy atom. The second-order valence-corrected chi connectivity index (χ2v) is 15.0. The van der Waals surface area contributed by atoms with E-state index < -0.39 is 143 Å². The smallest absolute Gasteiger partial charge is 0.300 e. The monoisotopic (exact) mass is 910 g/mol. The van der Waals surface area contributed by atoms with Crippen LogP contribution in [0.25, 0.3) is 12.2 Å². The summed E-state index contributed by atoms with van der Waals surface area (Å²) < 4.78 is 21.2. The van der Waals surface area contributed by atoms with Crippen molar-refractivity contribution in [2.75, 3.05) is 13.2 Å². The number of benzene rings is 2. The maximum atomic E-state index is 14.3. The van der Waals surface area contributed by atoms with Gasteiger partial charge in [0.05, 0.1) is 24.4 Å². The van der Waals surface area contributed by atoms with Crippen LogP contribution in [0.5, 0.6) is 11.5 Å². The lowest BCUT2D eigenvalue weighted by Gasteiger charge is -2.42. The third kappa shape index (κ3) is 9.86. The Hall–Kier alpha value is -5.93. The van der Waals surface area contributed by atoms with Gasteiger partial charge in [-0.25, -0.2) is 0 Å². The summed E-state index contributed by atoms with van der Waals surface area (Å²) in [5, 5.41) is 136. The van der Waals surface area contributed by atoms with Crippen LogP contribution in [0.1, 0.15) is 11.1 Å². The molecular weight excluding hydrogens is 868 g/mol. The number of rotatable bonds is 13. The van der Waals surface area contributed by atoms with E-state index in [0.717, 1.165) is 12.2 Å². The molecule has 2 heterocycles. The van der Waals surface area contributed by atoms with Gasteiger partial charge in [-0.1, -0.05) is 36.4 Å². The predicted octanol–water partition coefficient (Wildman–Crippen LogP) is -3.70. The average molecular weight is 911 g/mol. The Morgan fingerprint density at radius 2 is 1.08 bits per heavy atom. The van der Waals surface area contributed by atoms with E-state index in [1.165, 1.54) is 54.6 Å². The van der Waals surface area contributed by atoms with Crippen LogP contribution in [0.15, 0.2) is 107 Å². The summed E-state index contributed by atoms with van der Waals surface area (Å²) in [7, 11) is 0. The predicted molar refractivity (Wildman–Crippen MR) is 213 cm³/mol. The molecule has 0 radical (unpaired) electrons. The molecule has 65 heavy (non-hydrogen) atoms. The summed E-state index contributed by atoms with van der Waals surface area (Å²) in [6, 6.07) is 10.4. The van der Waals surface area contributed by atoms with Crippen LogP contribution in [0, 0.1) is 0 Å². The molecule has 346 valence electrons. The van der Waals surface area contributed by atoms with Crippen LogP contribution in [-0.2, 0) is 42.9 Å². The number of aromatic hydroxyl groups is 2. The molecule has 2 aliphatic carbocycles. The van der Waals surface area contributed by atoms with Crippen LogP contribution in [0.2, 0.25) is 0 Å². The highest BCUT2D eigenvalue weighted by Crippen LogP contribution is 2.38. The van der Waals surface area contributed by atoms with Crippen molar-refractivity contribution in [3.63, 3.8) is 0 Å². The Labute approximate surface area is 365 Å². The molecule has 13 N–H and O–H groups in total. The van der Waals surface area contributed by atoms with E-state index >= 15 is 0 Å². The van der Waals surface area contributed by atoms with Crippen molar-refractivity contribution in [1.29, 1.82) is 0 Å². The molecule has 4 unspecified atom stereocenters. The number of hydrogen-bond donors (Lipinski definition) is 13. The summed E-state index contributed by atoms with van der Waals surface area (Å²) in [5.74, 6) is -17.0. The van der Waals surface area contributed by atoms with Crippen molar-refractivity contribution < 1.29 is 109 Å². The average Bonchev–Trinajstić information content (AvgIpc) is 3.28. The third-order valence-corrected chi connectivity index (χ3v) is 10.5. The van der Waals surface area contributed by atoms with Gasteiger partial charge >= 0.3 is 0 Å². The van der Waals surface area contributed by atoms with Gasteiger partial charge in [-0.05, 0) is 65.8 Å². The van der Waals surface area contributed by atoms with Crippen molar-refractivity contribution in [3.05, 3.63) is 118 Å². The second kappa shape index (κ2) is 19.3. The minimum Gasteiger partial charge on any atom is -0.508 e. The molecule has 12 atom stereocenters. The lowest BCUT2D eigenvalue weighted by Crippen LogP contribution is -2.64. The van der Waals surface area contributed by atoms with E-state index in [4.69, 9.17) is 18.9 Å². The second-order valence-electron chi connectivity index (χ2n) is 15.0. The molecule has 0 aromatic heterocycles. The van der Waals surface area contributed by atoms with Crippen LogP contribution in [0.4, 0.5) is 0 Å². The number of ether oxygens (including phenoxy) is 4. The summed E-state index contributed by atoms with van der Waals surface area (Å²) in [5.41, 5.74) is -4.16. The summed E-state index contributed by atoms with van der Waals surface area (Å²) in [6.07, 6.45) is -15.6. The molecule has 22 heteroatoms. The molecule has 6 rings (SSSR count). The number of aliphatic hydroxyl groups excluding tert-OH is 9. The van der Waals surface area contributed by atoms with E-state index in [1.807, 2.05) is 0 Å². The van der Waals surface area contributed by atoms with Crippen LogP contribution >= 0.6 is 0 Å². The van der Waals surface area contributed by atoms with Crippen molar-refractivity contribution >= 4 is 41.1 Å². The minimum absolute atomic E-state index is 0.128. The standard InChI is InChI=1S/C43H42O22/c44-16-27-32(52)34(54)36(56)40(62-27)64-42(60)14-20(30(50)24(15-42)25(48)11-5-18-1-7-21(46)8-2-18)13-23-31(51)29(26(49)12-6-19-3-9-22(47)10-4-19)39(59)43(61,38(23)58)65-41-37(57)35(55)33(53)28(17-45)63-41/h1-15,27-28,32-37,40-41,44-47,51-57,60-61H,16-17H2/b11-5+,12-6+,23-13-/t27-,28-,32-,33-,34+,35+,36-,37-,40?,41?,42?,43?/m1/s1. The number of phenolic OH excluding ortho intramolecular Hbond substituents is 2. The van der Waals surface area contributed by atoms with E-state index in [0.29, 0.717) is 29.9 Å². The van der Waals surface area contributed by atoms with Crippen LogP contribution in [-0.4, -0.2) is 182 Å². The van der Waals surface area contributed by atoms with Gasteiger partial charge in [0, 0.05) is 5.57 Å². The van der Waals surface area contributed by atoms with Crippen LogP contribution in [0.3, 0.4) is 0 Å². The van der Waals surface area contributed by atoms with Gasteiger partial charge < -0.3 is 85.3 Å².